The topological polar surface area (TPSA) is 38.3 Å². The number of carbonyl (C=O) groups excluding carboxylic acids is 1. The largest absolute Gasteiger partial charge is 0.468 e. The smallest absolute Gasteiger partial charge is 0.323 e. The minimum Gasteiger partial charge on any atom is -0.468 e. The molecule has 3 nitrogen and oxygen atoms in total. The Kier molecular flexibility index (Phi) is 4.39. The van der Waals surface area contributed by atoms with Crippen LogP contribution in [-0.2, 0) is 9.53 Å². The molecule has 2 unspecified atom stereocenters. The summed E-state index contributed by atoms with van der Waals surface area (Å²) in [4.78, 5) is 11.5. The number of esters is 1. The first kappa shape index (κ1) is 11.5. The predicted molar refractivity (Wildman–Crippen MR) is 56.0 cm³/mol. The van der Waals surface area contributed by atoms with E-state index < -0.39 is 0 Å². The number of rotatable bonds is 6. The first-order valence-electron chi connectivity index (χ1n) is 5.53. The van der Waals surface area contributed by atoms with Crippen LogP contribution in [0.15, 0.2) is 0 Å². The maximum Gasteiger partial charge on any atom is 0.323 e. The van der Waals surface area contributed by atoms with Crippen molar-refractivity contribution in [3.05, 3.63) is 0 Å². The summed E-state index contributed by atoms with van der Waals surface area (Å²) in [6, 6.07) is 0.450. The van der Waals surface area contributed by atoms with E-state index >= 15 is 0 Å². The second-order valence-electron chi connectivity index (χ2n) is 4.21. The van der Waals surface area contributed by atoms with Crippen molar-refractivity contribution in [1.82, 2.24) is 5.32 Å². The van der Waals surface area contributed by atoms with E-state index in [0.29, 0.717) is 12.0 Å². The molecule has 0 bridgehead atoms. The van der Waals surface area contributed by atoms with Gasteiger partial charge in [0.25, 0.3) is 0 Å². The number of hydrogen-bond acceptors (Lipinski definition) is 3. The van der Waals surface area contributed by atoms with Crippen molar-refractivity contribution in [2.24, 2.45) is 5.92 Å². The van der Waals surface area contributed by atoms with E-state index in [4.69, 9.17) is 4.74 Å². The number of nitrogens with one attached hydrogen (secondary N) is 1. The lowest BCUT2D eigenvalue weighted by Crippen LogP contribution is -2.43. The Morgan fingerprint density at radius 2 is 2.21 bits per heavy atom. The minimum absolute atomic E-state index is 0.104. The maximum atomic E-state index is 11.5. The number of carbonyl (C=O) groups is 1. The molecule has 0 aromatic heterocycles. The standard InChI is InChI=1S/C11H21NO2/c1-4-5-8(2)10(11(13)14-3)12-9-6-7-9/h8-10,12H,4-7H2,1-3H3. The summed E-state index contributed by atoms with van der Waals surface area (Å²) < 4.78 is 4.81. The van der Waals surface area contributed by atoms with Crippen molar-refractivity contribution in [2.75, 3.05) is 7.11 Å². The van der Waals surface area contributed by atoms with E-state index in [1.165, 1.54) is 20.0 Å². The van der Waals surface area contributed by atoms with Gasteiger partial charge in [-0.3, -0.25) is 4.79 Å². The van der Waals surface area contributed by atoms with Gasteiger partial charge in [0.1, 0.15) is 6.04 Å². The fourth-order valence-corrected chi connectivity index (χ4v) is 1.72. The van der Waals surface area contributed by atoms with Crippen LogP contribution in [0.1, 0.15) is 39.5 Å². The first-order valence-corrected chi connectivity index (χ1v) is 5.53. The average molecular weight is 199 g/mol. The van der Waals surface area contributed by atoms with Gasteiger partial charge < -0.3 is 10.1 Å². The fourth-order valence-electron chi connectivity index (χ4n) is 1.72. The SMILES string of the molecule is CCCC(C)C(NC1CC1)C(=O)OC. The molecule has 0 spiro atoms. The molecule has 1 aliphatic rings. The molecule has 0 radical (unpaired) electrons. The van der Waals surface area contributed by atoms with Crippen molar-refractivity contribution in [1.29, 1.82) is 0 Å². The van der Waals surface area contributed by atoms with Gasteiger partial charge in [-0.05, 0) is 25.2 Å². The van der Waals surface area contributed by atoms with E-state index in [1.54, 1.807) is 0 Å². The monoisotopic (exact) mass is 199 g/mol. The van der Waals surface area contributed by atoms with E-state index in [-0.39, 0.29) is 12.0 Å². The highest BCUT2D eigenvalue weighted by Gasteiger charge is 2.31. The fraction of sp³-hybridized carbons (Fsp3) is 0.909. The summed E-state index contributed by atoms with van der Waals surface area (Å²) >= 11 is 0. The van der Waals surface area contributed by atoms with E-state index in [2.05, 4.69) is 19.2 Å². The third kappa shape index (κ3) is 3.29. The van der Waals surface area contributed by atoms with Gasteiger partial charge in [-0.1, -0.05) is 20.3 Å². The second kappa shape index (κ2) is 5.35. The molecule has 1 rings (SSSR count). The van der Waals surface area contributed by atoms with Crippen LogP contribution < -0.4 is 5.32 Å². The van der Waals surface area contributed by atoms with Crippen LogP contribution in [0.4, 0.5) is 0 Å². The molecule has 0 heterocycles. The zero-order valence-electron chi connectivity index (χ0n) is 9.38. The van der Waals surface area contributed by atoms with E-state index in [0.717, 1.165) is 12.8 Å². The van der Waals surface area contributed by atoms with Crippen LogP contribution in [0.2, 0.25) is 0 Å². The molecule has 3 heteroatoms. The van der Waals surface area contributed by atoms with Crippen LogP contribution >= 0.6 is 0 Å². The highest BCUT2D eigenvalue weighted by atomic mass is 16.5. The van der Waals surface area contributed by atoms with Gasteiger partial charge in [0.05, 0.1) is 7.11 Å². The maximum absolute atomic E-state index is 11.5. The molecule has 0 aliphatic heterocycles. The summed E-state index contributed by atoms with van der Waals surface area (Å²) in [5.41, 5.74) is 0. The lowest BCUT2D eigenvalue weighted by molar-refractivity contribution is -0.144. The van der Waals surface area contributed by atoms with Crippen LogP contribution in [0, 0.1) is 5.92 Å². The molecule has 1 saturated carbocycles. The van der Waals surface area contributed by atoms with Gasteiger partial charge in [0.2, 0.25) is 0 Å². The van der Waals surface area contributed by atoms with Crippen LogP contribution in [0.3, 0.4) is 0 Å². The van der Waals surface area contributed by atoms with Crippen molar-refractivity contribution < 1.29 is 9.53 Å². The minimum atomic E-state index is -0.113. The Labute approximate surface area is 86.2 Å². The highest BCUT2D eigenvalue weighted by Crippen LogP contribution is 2.22. The third-order valence-electron chi connectivity index (χ3n) is 2.76. The molecular weight excluding hydrogens is 178 g/mol. The van der Waals surface area contributed by atoms with Crippen molar-refractivity contribution in [2.45, 2.75) is 51.6 Å². The normalized spacial score (nSPS) is 20.2. The molecule has 14 heavy (non-hydrogen) atoms. The molecule has 1 N–H and O–H groups in total. The Bertz CT molecular complexity index is 190. The Balaban J connectivity index is 2.45. The van der Waals surface area contributed by atoms with E-state index in [9.17, 15) is 4.79 Å². The van der Waals surface area contributed by atoms with Crippen molar-refractivity contribution in [3.63, 3.8) is 0 Å². The molecule has 0 aromatic carbocycles. The summed E-state index contributed by atoms with van der Waals surface area (Å²) in [7, 11) is 1.46. The quantitative estimate of drug-likeness (QED) is 0.662. The summed E-state index contributed by atoms with van der Waals surface area (Å²) in [6.45, 7) is 4.25. The Morgan fingerprint density at radius 3 is 2.64 bits per heavy atom. The summed E-state index contributed by atoms with van der Waals surface area (Å²) in [5.74, 6) is 0.255. The Hall–Kier alpha value is -0.570. The van der Waals surface area contributed by atoms with Gasteiger partial charge in [-0.25, -0.2) is 0 Å². The molecule has 2 atom stereocenters. The van der Waals surface area contributed by atoms with Gasteiger partial charge in [0.15, 0.2) is 0 Å². The van der Waals surface area contributed by atoms with Crippen LogP contribution in [-0.4, -0.2) is 25.2 Å². The predicted octanol–water partition coefficient (Wildman–Crippen LogP) is 1.72. The second-order valence-corrected chi connectivity index (χ2v) is 4.21. The molecule has 1 aliphatic carbocycles. The summed E-state index contributed by atoms with van der Waals surface area (Å²) in [6.07, 6.45) is 4.58. The lowest BCUT2D eigenvalue weighted by Gasteiger charge is -2.22. The average Bonchev–Trinajstić information content (AvgIpc) is 2.97. The Morgan fingerprint density at radius 1 is 1.57 bits per heavy atom. The van der Waals surface area contributed by atoms with E-state index in [1.807, 2.05) is 0 Å². The number of ether oxygens (including phenoxy) is 1. The zero-order chi connectivity index (χ0) is 10.6. The van der Waals surface area contributed by atoms with Crippen LogP contribution in [0.25, 0.3) is 0 Å². The zero-order valence-corrected chi connectivity index (χ0v) is 9.38. The molecular formula is C11H21NO2. The van der Waals surface area contributed by atoms with Crippen molar-refractivity contribution in [3.8, 4) is 0 Å². The van der Waals surface area contributed by atoms with Gasteiger partial charge in [-0.15, -0.1) is 0 Å². The molecule has 0 amide bonds. The number of methoxy groups -OCH3 is 1. The van der Waals surface area contributed by atoms with Gasteiger partial charge in [0, 0.05) is 6.04 Å². The van der Waals surface area contributed by atoms with Gasteiger partial charge >= 0.3 is 5.97 Å². The lowest BCUT2D eigenvalue weighted by atomic mass is 9.97. The molecule has 1 fully saturated rings. The summed E-state index contributed by atoms with van der Waals surface area (Å²) in [5, 5.41) is 3.35. The number of hydrogen-bond donors (Lipinski definition) is 1. The van der Waals surface area contributed by atoms with Gasteiger partial charge in [-0.2, -0.15) is 0 Å². The van der Waals surface area contributed by atoms with Crippen molar-refractivity contribution >= 4 is 5.97 Å². The molecule has 82 valence electrons. The van der Waals surface area contributed by atoms with Crippen LogP contribution in [0.5, 0.6) is 0 Å². The molecule has 0 aromatic rings. The molecule has 0 saturated heterocycles. The highest BCUT2D eigenvalue weighted by molar-refractivity contribution is 5.76. The first-order chi connectivity index (χ1) is 6.69. The third-order valence-corrected chi connectivity index (χ3v) is 2.76.